The monoisotopic (exact) mass is 324 g/mol. The first-order chi connectivity index (χ1) is 11.1. The van der Waals surface area contributed by atoms with E-state index in [1.165, 1.54) is 0 Å². The fourth-order valence-corrected chi connectivity index (χ4v) is 2.34. The summed E-state index contributed by atoms with van der Waals surface area (Å²) in [7, 11) is 0. The summed E-state index contributed by atoms with van der Waals surface area (Å²) in [6.45, 7) is 1.84. The van der Waals surface area contributed by atoms with Crippen molar-refractivity contribution in [1.82, 2.24) is 9.88 Å². The molecule has 1 saturated heterocycles. The maximum atomic E-state index is 12.0. The van der Waals surface area contributed by atoms with Crippen LogP contribution in [0.1, 0.15) is 12.1 Å². The van der Waals surface area contributed by atoms with E-state index in [-0.39, 0.29) is 18.9 Å². The molecule has 124 valence electrons. The van der Waals surface area contributed by atoms with Crippen molar-refractivity contribution in [2.75, 3.05) is 44.3 Å². The summed E-state index contributed by atoms with van der Waals surface area (Å²) in [6.07, 6.45) is -0.742. The van der Waals surface area contributed by atoms with E-state index in [1.807, 2.05) is 12.1 Å². The summed E-state index contributed by atoms with van der Waals surface area (Å²) in [5, 5.41) is 8.73. The highest BCUT2D eigenvalue weighted by atomic mass is 19.3. The van der Waals surface area contributed by atoms with E-state index in [1.54, 1.807) is 17.2 Å². The van der Waals surface area contributed by atoms with Gasteiger partial charge in [-0.05, 0) is 12.1 Å². The fourth-order valence-electron chi connectivity index (χ4n) is 2.34. The molecule has 0 bridgehead atoms. The van der Waals surface area contributed by atoms with Gasteiger partial charge < -0.3 is 14.5 Å². The Hall–Kier alpha value is -2.27. The molecular formula is C15H18F2N4O2. The number of anilines is 1. The lowest BCUT2D eigenvalue weighted by molar-refractivity contribution is -0.133. The van der Waals surface area contributed by atoms with Crippen LogP contribution in [0.5, 0.6) is 0 Å². The summed E-state index contributed by atoms with van der Waals surface area (Å²) in [6, 6.07) is 5.46. The molecule has 6 nitrogen and oxygen atoms in total. The summed E-state index contributed by atoms with van der Waals surface area (Å²) >= 11 is 0. The second-order valence-corrected chi connectivity index (χ2v) is 5.10. The van der Waals surface area contributed by atoms with Crippen molar-refractivity contribution in [3.8, 4) is 6.07 Å². The zero-order chi connectivity index (χ0) is 16.7. The number of amides is 1. The smallest absolute Gasteiger partial charge is 0.261 e. The third-order valence-corrected chi connectivity index (χ3v) is 3.56. The Morgan fingerprint density at radius 1 is 1.35 bits per heavy atom. The zero-order valence-electron chi connectivity index (χ0n) is 12.6. The van der Waals surface area contributed by atoms with E-state index in [0.717, 1.165) is 5.69 Å². The molecule has 1 aliphatic rings. The summed E-state index contributed by atoms with van der Waals surface area (Å²) in [5.41, 5.74) is 1.28. The van der Waals surface area contributed by atoms with Gasteiger partial charge in [0.05, 0.1) is 24.9 Å². The Morgan fingerprint density at radius 3 is 2.65 bits per heavy atom. The molecule has 0 spiro atoms. The Bertz CT molecular complexity index is 552. The number of hydrogen-bond donors (Lipinski definition) is 0. The molecule has 0 unspecified atom stereocenters. The minimum atomic E-state index is -2.50. The number of halogens is 2. The highest BCUT2D eigenvalue weighted by Gasteiger charge is 2.21. The molecule has 8 heteroatoms. The third-order valence-electron chi connectivity index (χ3n) is 3.56. The fraction of sp³-hybridized carbons (Fsp3) is 0.533. The van der Waals surface area contributed by atoms with Crippen LogP contribution in [0.25, 0.3) is 0 Å². The van der Waals surface area contributed by atoms with Gasteiger partial charge in [-0.2, -0.15) is 5.26 Å². The van der Waals surface area contributed by atoms with Crippen LogP contribution in [0.15, 0.2) is 18.3 Å². The maximum absolute atomic E-state index is 12.0. The van der Waals surface area contributed by atoms with Gasteiger partial charge in [0, 0.05) is 26.2 Å². The second-order valence-electron chi connectivity index (χ2n) is 5.10. The zero-order valence-corrected chi connectivity index (χ0v) is 12.6. The van der Waals surface area contributed by atoms with Gasteiger partial charge in [0.1, 0.15) is 18.4 Å². The molecule has 1 aliphatic heterocycles. The van der Waals surface area contributed by atoms with Gasteiger partial charge in [-0.1, -0.05) is 0 Å². The van der Waals surface area contributed by atoms with E-state index >= 15 is 0 Å². The largest absolute Gasteiger partial charge is 0.375 e. The molecule has 1 aromatic heterocycles. The number of rotatable bonds is 6. The quantitative estimate of drug-likeness (QED) is 0.737. The van der Waals surface area contributed by atoms with Crippen LogP contribution in [0.4, 0.5) is 14.5 Å². The Balaban J connectivity index is 1.74. The lowest BCUT2D eigenvalue weighted by atomic mass is 10.2. The number of carbonyl (C=O) groups is 1. The number of nitrogens with zero attached hydrogens (tertiary/aromatic N) is 4. The minimum Gasteiger partial charge on any atom is -0.375 e. The number of ether oxygens (including phenoxy) is 1. The predicted octanol–water partition coefficient (Wildman–Crippen LogP) is 1.27. The van der Waals surface area contributed by atoms with Crippen molar-refractivity contribution < 1.29 is 18.3 Å². The predicted molar refractivity (Wildman–Crippen MR) is 79.2 cm³/mol. The molecule has 23 heavy (non-hydrogen) atoms. The van der Waals surface area contributed by atoms with E-state index in [4.69, 9.17) is 10.00 Å². The van der Waals surface area contributed by atoms with Gasteiger partial charge in [0.25, 0.3) is 6.43 Å². The van der Waals surface area contributed by atoms with Gasteiger partial charge in [0.15, 0.2) is 0 Å². The van der Waals surface area contributed by atoms with Gasteiger partial charge in [0.2, 0.25) is 5.91 Å². The lowest BCUT2D eigenvalue weighted by Gasteiger charge is -2.36. The van der Waals surface area contributed by atoms with Crippen molar-refractivity contribution >= 4 is 11.6 Å². The molecule has 1 fully saturated rings. The third kappa shape index (κ3) is 5.14. The van der Waals surface area contributed by atoms with E-state index in [0.29, 0.717) is 31.9 Å². The number of hydrogen-bond acceptors (Lipinski definition) is 5. The molecule has 0 aromatic carbocycles. The van der Waals surface area contributed by atoms with Crippen LogP contribution in [0.2, 0.25) is 0 Å². The first-order valence-corrected chi connectivity index (χ1v) is 7.35. The second kappa shape index (κ2) is 8.39. The molecule has 0 N–H and O–H groups in total. The van der Waals surface area contributed by atoms with Crippen LogP contribution in [0.3, 0.4) is 0 Å². The number of aromatic nitrogens is 1. The van der Waals surface area contributed by atoms with Crippen molar-refractivity contribution in [2.24, 2.45) is 0 Å². The number of pyridine rings is 1. The normalized spacial score (nSPS) is 14.9. The van der Waals surface area contributed by atoms with Gasteiger partial charge in [-0.25, -0.2) is 13.8 Å². The molecule has 0 radical (unpaired) electrons. The number of piperazine rings is 1. The molecule has 0 atom stereocenters. The summed E-state index contributed by atoms with van der Waals surface area (Å²) in [4.78, 5) is 19.8. The molecule has 2 heterocycles. The molecule has 1 amide bonds. The average Bonchev–Trinajstić information content (AvgIpc) is 2.58. The first kappa shape index (κ1) is 17.1. The van der Waals surface area contributed by atoms with Crippen LogP contribution in [0, 0.1) is 11.3 Å². The Morgan fingerprint density at radius 2 is 2.09 bits per heavy atom. The van der Waals surface area contributed by atoms with Gasteiger partial charge >= 0.3 is 0 Å². The van der Waals surface area contributed by atoms with Gasteiger partial charge in [-0.3, -0.25) is 4.79 Å². The Kier molecular flexibility index (Phi) is 6.23. The molecule has 0 aliphatic carbocycles. The standard InChI is InChI=1S/C15H18F2N4O2/c16-14(17)11-23-8-3-15(22)21-6-4-20(5-7-21)13-2-1-12(9-18)19-10-13/h1-2,10,14H,3-8,11H2. The number of alkyl halides is 2. The number of carbonyl (C=O) groups excluding carboxylic acids is 1. The lowest BCUT2D eigenvalue weighted by Crippen LogP contribution is -2.49. The van der Waals surface area contributed by atoms with Crippen LogP contribution < -0.4 is 4.90 Å². The average molecular weight is 324 g/mol. The highest BCUT2D eigenvalue weighted by Crippen LogP contribution is 2.15. The van der Waals surface area contributed by atoms with E-state index in [2.05, 4.69) is 9.88 Å². The molecule has 1 aromatic rings. The maximum Gasteiger partial charge on any atom is 0.261 e. The van der Waals surface area contributed by atoms with Crippen LogP contribution in [-0.4, -0.2) is 61.6 Å². The molecule has 0 saturated carbocycles. The SMILES string of the molecule is N#Cc1ccc(N2CCN(C(=O)CCOCC(F)F)CC2)cn1. The van der Waals surface area contributed by atoms with Crippen molar-refractivity contribution in [3.63, 3.8) is 0 Å². The number of nitriles is 1. The molecular weight excluding hydrogens is 306 g/mol. The van der Waals surface area contributed by atoms with E-state index < -0.39 is 13.0 Å². The van der Waals surface area contributed by atoms with Crippen molar-refractivity contribution in [2.45, 2.75) is 12.8 Å². The van der Waals surface area contributed by atoms with Crippen LogP contribution >= 0.6 is 0 Å². The van der Waals surface area contributed by atoms with E-state index in [9.17, 15) is 13.6 Å². The summed E-state index contributed by atoms with van der Waals surface area (Å²) < 4.78 is 28.6. The Labute approximate surface area is 133 Å². The summed E-state index contributed by atoms with van der Waals surface area (Å²) in [5.74, 6) is -0.0862. The molecule has 2 rings (SSSR count). The topological polar surface area (TPSA) is 69.5 Å². The minimum absolute atomic E-state index is 0.0168. The van der Waals surface area contributed by atoms with Crippen molar-refractivity contribution in [3.05, 3.63) is 24.0 Å². The highest BCUT2D eigenvalue weighted by molar-refractivity contribution is 5.76. The first-order valence-electron chi connectivity index (χ1n) is 7.35. The van der Waals surface area contributed by atoms with Crippen LogP contribution in [-0.2, 0) is 9.53 Å². The van der Waals surface area contributed by atoms with Crippen molar-refractivity contribution in [1.29, 1.82) is 5.26 Å². The van der Waals surface area contributed by atoms with Gasteiger partial charge in [-0.15, -0.1) is 0 Å².